The molecule has 1 heterocycles. The van der Waals surface area contributed by atoms with Crippen LogP contribution >= 0.6 is 0 Å². The normalized spacial score (nSPS) is 11.9. The van der Waals surface area contributed by atoms with Crippen LogP contribution in [0.4, 0.5) is 0 Å². The van der Waals surface area contributed by atoms with Crippen LogP contribution in [0.1, 0.15) is 53.5 Å². The Bertz CT molecular complexity index is 1150. The SMILES string of the molecule is CCOc1ccc2nc(C(CC)c3ccc(C(=O)NCc4ccccc4)cc3)[nH]c2c1. The number of aromatic nitrogens is 2. The fraction of sp³-hybridized carbons (Fsp3) is 0.231. The van der Waals surface area contributed by atoms with E-state index in [1.54, 1.807) is 0 Å². The molecule has 0 radical (unpaired) electrons. The van der Waals surface area contributed by atoms with Crippen LogP contribution in [0.5, 0.6) is 5.75 Å². The number of H-pyrrole nitrogens is 1. The third-order valence-corrected chi connectivity index (χ3v) is 5.39. The number of fused-ring (bicyclic) bond motifs is 1. The summed E-state index contributed by atoms with van der Waals surface area (Å²) in [6.45, 7) is 5.27. The molecule has 1 unspecified atom stereocenters. The van der Waals surface area contributed by atoms with Crippen molar-refractivity contribution in [2.75, 3.05) is 6.61 Å². The zero-order valence-corrected chi connectivity index (χ0v) is 17.9. The van der Waals surface area contributed by atoms with E-state index in [-0.39, 0.29) is 11.8 Å². The molecule has 2 N–H and O–H groups in total. The van der Waals surface area contributed by atoms with Gasteiger partial charge in [-0.2, -0.15) is 0 Å². The van der Waals surface area contributed by atoms with Crippen molar-refractivity contribution in [1.82, 2.24) is 15.3 Å². The van der Waals surface area contributed by atoms with E-state index in [4.69, 9.17) is 9.72 Å². The van der Waals surface area contributed by atoms with Gasteiger partial charge in [-0.05, 0) is 48.7 Å². The molecule has 4 rings (SSSR count). The Kier molecular flexibility index (Phi) is 6.32. The van der Waals surface area contributed by atoms with Gasteiger partial charge >= 0.3 is 0 Å². The number of hydrogen-bond donors (Lipinski definition) is 2. The Morgan fingerprint density at radius 3 is 2.52 bits per heavy atom. The average molecular weight is 414 g/mol. The number of carbonyl (C=O) groups is 1. The number of nitrogens with one attached hydrogen (secondary N) is 2. The Balaban J connectivity index is 1.49. The monoisotopic (exact) mass is 413 g/mol. The molecule has 1 amide bonds. The predicted molar refractivity (Wildman–Crippen MR) is 123 cm³/mol. The molecule has 0 aliphatic heterocycles. The van der Waals surface area contributed by atoms with Gasteiger partial charge in [0.15, 0.2) is 0 Å². The molecule has 4 aromatic rings. The van der Waals surface area contributed by atoms with Crippen molar-refractivity contribution in [3.05, 3.63) is 95.3 Å². The van der Waals surface area contributed by atoms with Crippen LogP contribution in [0.25, 0.3) is 11.0 Å². The highest BCUT2D eigenvalue weighted by molar-refractivity contribution is 5.94. The maximum absolute atomic E-state index is 12.5. The van der Waals surface area contributed by atoms with Gasteiger partial charge in [-0.3, -0.25) is 4.79 Å². The van der Waals surface area contributed by atoms with Gasteiger partial charge in [0.25, 0.3) is 5.91 Å². The minimum absolute atomic E-state index is 0.0735. The average Bonchev–Trinajstić information content (AvgIpc) is 3.22. The smallest absolute Gasteiger partial charge is 0.251 e. The zero-order chi connectivity index (χ0) is 21.6. The number of aromatic amines is 1. The number of hydrogen-bond acceptors (Lipinski definition) is 3. The van der Waals surface area contributed by atoms with Crippen LogP contribution < -0.4 is 10.1 Å². The third-order valence-electron chi connectivity index (χ3n) is 5.39. The van der Waals surface area contributed by atoms with Gasteiger partial charge in [-0.25, -0.2) is 4.98 Å². The van der Waals surface area contributed by atoms with Gasteiger partial charge in [-0.1, -0.05) is 49.4 Å². The van der Waals surface area contributed by atoms with E-state index in [2.05, 4.69) is 17.2 Å². The molecule has 0 aliphatic rings. The number of rotatable bonds is 8. The molecule has 158 valence electrons. The Labute approximate surface area is 182 Å². The molecule has 0 bridgehead atoms. The van der Waals surface area contributed by atoms with Crippen LogP contribution in [0.15, 0.2) is 72.8 Å². The number of ether oxygens (including phenoxy) is 1. The van der Waals surface area contributed by atoms with E-state index >= 15 is 0 Å². The molecule has 5 heteroatoms. The Morgan fingerprint density at radius 2 is 1.81 bits per heavy atom. The van der Waals surface area contributed by atoms with Crippen LogP contribution in [0, 0.1) is 0 Å². The quantitative estimate of drug-likeness (QED) is 0.405. The van der Waals surface area contributed by atoms with Gasteiger partial charge in [-0.15, -0.1) is 0 Å². The maximum Gasteiger partial charge on any atom is 0.251 e. The minimum Gasteiger partial charge on any atom is -0.494 e. The molecule has 31 heavy (non-hydrogen) atoms. The van der Waals surface area contributed by atoms with Crippen molar-refractivity contribution in [1.29, 1.82) is 0 Å². The first kappa shape index (κ1) is 20.7. The number of carbonyl (C=O) groups excluding carboxylic acids is 1. The molecular formula is C26H27N3O2. The van der Waals surface area contributed by atoms with E-state index in [1.807, 2.05) is 79.7 Å². The standard InChI is InChI=1S/C26H27N3O2/c1-3-22(25-28-23-15-14-21(31-4-2)16-24(23)29-25)19-10-12-20(13-11-19)26(30)27-17-18-8-6-5-7-9-18/h5-16,22H,3-4,17H2,1-2H3,(H,27,30)(H,28,29). The van der Waals surface area contributed by atoms with Gasteiger partial charge in [0.1, 0.15) is 11.6 Å². The van der Waals surface area contributed by atoms with Crippen molar-refractivity contribution in [2.24, 2.45) is 0 Å². The summed E-state index contributed by atoms with van der Waals surface area (Å²) in [7, 11) is 0. The molecule has 1 aromatic heterocycles. The molecule has 3 aromatic carbocycles. The second kappa shape index (κ2) is 9.47. The first-order valence-corrected chi connectivity index (χ1v) is 10.7. The lowest BCUT2D eigenvalue weighted by Crippen LogP contribution is -2.22. The fourth-order valence-electron chi connectivity index (χ4n) is 3.76. The Hall–Kier alpha value is -3.60. The van der Waals surface area contributed by atoms with E-state index in [1.165, 1.54) is 0 Å². The van der Waals surface area contributed by atoms with Crippen molar-refractivity contribution in [3.63, 3.8) is 0 Å². The fourth-order valence-corrected chi connectivity index (χ4v) is 3.76. The summed E-state index contributed by atoms with van der Waals surface area (Å²) in [5.41, 5.74) is 4.76. The van der Waals surface area contributed by atoms with Crippen molar-refractivity contribution in [3.8, 4) is 5.75 Å². The molecule has 1 atom stereocenters. The summed E-state index contributed by atoms with van der Waals surface area (Å²) in [6.07, 6.45) is 0.900. The van der Waals surface area contributed by atoms with Gasteiger partial charge < -0.3 is 15.0 Å². The zero-order valence-electron chi connectivity index (χ0n) is 17.9. The molecule has 0 fully saturated rings. The molecule has 0 saturated carbocycles. The van der Waals surface area contributed by atoms with Crippen molar-refractivity contribution >= 4 is 16.9 Å². The minimum atomic E-state index is -0.0735. The summed E-state index contributed by atoms with van der Waals surface area (Å²) in [6, 6.07) is 23.6. The summed E-state index contributed by atoms with van der Waals surface area (Å²) >= 11 is 0. The van der Waals surface area contributed by atoms with Gasteiger partial charge in [0.05, 0.1) is 17.6 Å². The van der Waals surface area contributed by atoms with Crippen LogP contribution in [-0.2, 0) is 6.54 Å². The van der Waals surface area contributed by atoms with E-state index < -0.39 is 0 Å². The summed E-state index contributed by atoms with van der Waals surface area (Å²) < 4.78 is 5.59. The van der Waals surface area contributed by atoms with Gasteiger partial charge in [0, 0.05) is 24.1 Å². The van der Waals surface area contributed by atoms with Crippen LogP contribution in [-0.4, -0.2) is 22.5 Å². The summed E-state index contributed by atoms with van der Waals surface area (Å²) in [5, 5.41) is 2.97. The maximum atomic E-state index is 12.5. The lowest BCUT2D eigenvalue weighted by molar-refractivity contribution is 0.0951. The lowest BCUT2D eigenvalue weighted by Gasteiger charge is -2.13. The second-order valence-electron chi connectivity index (χ2n) is 7.49. The first-order chi connectivity index (χ1) is 15.2. The van der Waals surface area contributed by atoms with E-state index in [0.717, 1.165) is 40.2 Å². The molecule has 0 saturated heterocycles. The predicted octanol–water partition coefficient (Wildman–Crippen LogP) is 5.43. The molecule has 0 spiro atoms. The topological polar surface area (TPSA) is 67.0 Å². The highest BCUT2D eigenvalue weighted by atomic mass is 16.5. The molecule has 5 nitrogen and oxygen atoms in total. The largest absolute Gasteiger partial charge is 0.494 e. The Morgan fingerprint density at radius 1 is 1.03 bits per heavy atom. The van der Waals surface area contributed by atoms with E-state index in [9.17, 15) is 4.79 Å². The van der Waals surface area contributed by atoms with E-state index in [0.29, 0.717) is 18.7 Å². The van der Waals surface area contributed by atoms with Crippen LogP contribution in [0.3, 0.4) is 0 Å². The summed E-state index contributed by atoms with van der Waals surface area (Å²) in [5.74, 6) is 1.82. The van der Waals surface area contributed by atoms with Gasteiger partial charge in [0.2, 0.25) is 0 Å². The lowest BCUT2D eigenvalue weighted by atomic mass is 9.95. The first-order valence-electron chi connectivity index (χ1n) is 10.7. The summed E-state index contributed by atoms with van der Waals surface area (Å²) in [4.78, 5) is 20.7. The number of imidazole rings is 1. The highest BCUT2D eigenvalue weighted by Crippen LogP contribution is 2.29. The third kappa shape index (κ3) is 4.77. The highest BCUT2D eigenvalue weighted by Gasteiger charge is 2.17. The van der Waals surface area contributed by atoms with Crippen molar-refractivity contribution in [2.45, 2.75) is 32.7 Å². The number of benzene rings is 3. The number of amides is 1. The molecular weight excluding hydrogens is 386 g/mol. The van der Waals surface area contributed by atoms with Crippen molar-refractivity contribution < 1.29 is 9.53 Å². The molecule has 0 aliphatic carbocycles. The van der Waals surface area contributed by atoms with Crippen LogP contribution in [0.2, 0.25) is 0 Å². The number of nitrogens with zero attached hydrogens (tertiary/aromatic N) is 1. The second-order valence-corrected chi connectivity index (χ2v) is 7.49.